The number of hydrogen-bond acceptors (Lipinski definition) is 2. The largest absolute Gasteiger partial charge is 0.494 e. The molecular weight excluding hydrogens is 241 g/mol. The molecule has 2 atom stereocenters. The van der Waals surface area contributed by atoms with Gasteiger partial charge in [0.25, 0.3) is 0 Å². The molecule has 2 nitrogen and oxygen atoms in total. The summed E-state index contributed by atoms with van der Waals surface area (Å²) in [6.45, 7) is 9.69. The summed E-state index contributed by atoms with van der Waals surface area (Å²) >= 11 is 0. The van der Waals surface area contributed by atoms with E-state index < -0.39 is 0 Å². The Morgan fingerprint density at radius 1 is 1.26 bits per heavy atom. The zero-order valence-corrected chi connectivity index (χ0v) is 12.7. The van der Waals surface area contributed by atoms with Crippen molar-refractivity contribution in [3.05, 3.63) is 29.6 Å². The summed E-state index contributed by atoms with van der Waals surface area (Å²) in [4.78, 5) is 0. The minimum Gasteiger partial charge on any atom is -0.494 e. The molecule has 108 valence electrons. The van der Waals surface area contributed by atoms with Gasteiger partial charge in [0.15, 0.2) is 11.6 Å². The van der Waals surface area contributed by atoms with Gasteiger partial charge < -0.3 is 10.1 Å². The van der Waals surface area contributed by atoms with Crippen LogP contribution < -0.4 is 10.1 Å². The van der Waals surface area contributed by atoms with E-state index in [9.17, 15) is 4.39 Å². The van der Waals surface area contributed by atoms with Crippen LogP contribution in [-0.4, -0.2) is 19.7 Å². The second kappa shape index (κ2) is 7.49. The van der Waals surface area contributed by atoms with E-state index in [1.165, 1.54) is 7.11 Å². The van der Waals surface area contributed by atoms with Crippen LogP contribution in [0.25, 0.3) is 0 Å². The van der Waals surface area contributed by atoms with Crippen LogP contribution in [0.4, 0.5) is 4.39 Å². The lowest BCUT2D eigenvalue weighted by Gasteiger charge is -2.29. The van der Waals surface area contributed by atoms with Crippen molar-refractivity contribution in [3.63, 3.8) is 0 Å². The van der Waals surface area contributed by atoms with Crippen molar-refractivity contribution < 1.29 is 9.13 Å². The Kier molecular flexibility index (Phi) is 6.29. The van der Waals surface area contributed by atoms with Crippen LogP contribution in [0, 0.1) is 11.7 Å². The highest BCUT2D eigenvalue weighted by Gasteiger charge is 2.22. The molecule has 19 heavy (non-hydrogen) atoms. The number of halogens is 1. The number of rotatable bonds is 7. The highest BCUT2D eigenvalue weighted by atomic mass is 19.1. The molecule has 0 fully saturated rings. The van der Waals surface area contributed by atoms with Gasteiger partial charge in [-0.15, -0.1) is 0 Å². The van der Waals surface area contributed by atoms with Gasteiger partial charge in [-0.2, -0.15) is 0 Å². The van der Waals surface area contributed by atoms with Gasteiger partial charge in [-0.05, 0) is 42.5 Å². The number of methoxy groups -OCH3 is 1. The highest BCUT2D eigenvalue weighted by molar-refractivity contribution is 5.31. The lowest BCUT2D eigenvalue weighted by molar-refractivity contribution is 0.351. The summed E-state index contributed by atoms with van der Waals surface area (Å²) in [7, 11) is 1.49. The first-order chi connectivity index (χ1) is 9.01. The molecule has 0 bridgehead atoms. The summed E-state index contributed by atoms with van der Waals surface area (Å²) in [6.07, 6.45) is 1.10. The first-order valence-corrected chi connectivity index (χ1v) is 7.08. The molecule has 1 aromatic carbocycles. The van der Waals surface area contributed by atoms with Crippen LogP contribution in [0.15, 0.2) is 18.2 Å². The van der Waals surface area contributed by atoms with Crippen molar-refractivity contribution >= 4 is 0 Å². The van der Waals surface area contributed by atoms with E-state index in [0.29, 0.717) is 17.7 Å². The lowest BCUT2D eigenvalue weighted by Crippen LogP contribution is -2.38. The summed E-state index contributed by atoms with van der Waals surface area (Å²) in [6, 6.07) is 5.60. The number of ether oxygens (including phenoxy) is 1. The molecule has 0 heterocycles. The van der Waals surface area contributed by atoms with Gasteiger partial charge in [-0.1, -0.05) is 33.8 Å². The normalized spacial score (nSPS) is 14.5. The third-order valence-corrected chi connectivity index (χ3v) is 3.59. The van der Waals surface area contributed by atoms with Crippen molar-refractivity contribution in [1.29, 1.82) is 0 Å². The summed E-state index contributed by atoms with van der Waals surface area (Å²) in [5, 5.41) is 3.56. The number of benzene rings is 1. The van der Waals surface area contributed by atoms with Crippen molar-refractivity contribution in [2.45, 2.75) is 46.1 Å². The average molecular weight is 267 g/mol. The molecule has 1 aromatic rings. The monoisotopic (exact) mass is 267 g/mol. The fourth-order valence-electron chi connectivity index (χ4n) is 2.47. The third kappa shape index (κ3) is 4.20. The minimum atomic E-state index is -0.287. The zero-order chi connectivity index (χ0) is 14.4. The number of nitrogens with one attached hydrogen (secondary N) is 1. The molecule has 0 spiro atoms. The van der Waals surface area contributed by atoms with Gasteiger partial charge in [0.05, 0.1) is 7.11 Å². The van der Waals surface area contributed by atoms with E-state index in [1.54, 1.807) is 12.1 Å². The Morgan fingerprint density at radius 2 is 1.95 bits per heavy atom. The molecule has 0 amide bonds. The molecule has 2 unspecified atom stereocenters. The average Bonchev–Trinajstić information content (AvgIpc) is 2.38. The Balaban J connectivity index is 2.89. The van der Waals surface area contributed by atoms with Gasteiger partial charge in [-0.25, -0.2) is 4.39 Å². The smallest absolute Gasteiger partial charge is 0.165 e. The van der Waals surface area contributed by atoms with Gasteiger partial charge in [-0.3, -0.25) is 0 Å². The van der Waals surface area contributed by atoms with E-state index in [4.69, 9.17) is 4.74 Å². The summed E-state index contributed by atoms with van der Waals surface area (Å²) in [5.41, 5.74) is 1.01. The molecule has 0 saturated heterocycles. The summed E-state index contributed by atoms with van der Waals surface area (Å²) < 4.78 is 18.7. The second-order valence-corrected chi connectivity index (χ2v) is 5.41. The molecule has 0 saturated carbocycles. The van der Waals surface area contributed by atoms with Gasteiger partial charge in [0.1, 0.15) is 0 Å². The molecule has 0 aliphatic heterocycles. The maximum Gasteiger partial charge on any atom is 0.165 e. The predicted octanol–water partition coefficient (Wildman–Crippen LogP) is 3.96. The van der Waals surface area contributed by atoms with Crippen LogP contribution in [0.5, 0.6) is 5.75 Å². The quantitative estimate of drug-likeness (QED) is 0.807. The Labute approximate surface area is 116 Å². The minimum absolute atomic E-state index is 0.270. The van der Waals surface area contributed by atoms with E-state index in [0.717, 1.165) is 18.5 Å². The molecule has 0 aliphatic rings. The van der Waals surface area contributed by atoms with Gasteiger partial charge >= 0.3 is 0 Å². The fourth-order valence-corrected chi connectivity index (χ4v) is 2.47. The van der Waals surface area contributed by atoms with Crippen molar-refractivity contribution in [3.8, 4) is 5.75 Å². The Morgan fingerprint density at radius 3 is 2.42 bits per heavy atom. The highest BCUT2D eigenvalue weighted by Crippen LogP contribution is 2.27. The van der Waals surface area contributed by atoms with Gasteiger partial charge in [0, 0.05) is 6.04 Å². The van der Waals surface area contributed by atoms with Gasteiger partial charge in [0.2, 0.25) is 0 Å². The molecule has 1 rings (SSSR count). The van der Waals surface area contributed by atoms with Crippen LogP contribution in [0.3, 0.4) is 0 Å². The Bertz CT molecular complexity index is 392. The van der Waals surface area contributed by atoms with Crippen LogP contribution >= 0.6 is 0 Å². The van der Waals surface area contributed by atoms with Crippen molar-refractivity contribution in [1.82, 2.24) is 5.32 Å². The molecular formula is C16H26FNO. The molecule has 0 aliphatic carbocycles. The predicted molar refractivity (Wildman–Crippen MR) is 78.3 cm³/mol. The van der Waals surface area contributed by atoms with E-state index in [1.807, 2.05) is 6.07 Å². The Hall–Kier alpha value is -1.09. The molecule has 0 aromatic heterocycles. The SMILES string of the molecule is CCCNC(C(C)C)C(C)c1ccc(OC)c(F)c1. The standard InChI is InChI=1S/C16H26FNO/c1-6-9-18-16(11(2)3)12(4)13-7-8-15(19-5)14(17)10-13/h7-8,10-12,16,18H,6,9H2,1-5H3. The molecule has 0 radical (unpaired) electrons. The fraction of sp³-hybridized carbons (Fsp3) is 0.625. The topological polar surface area (TPSA) is 21.3 Å². The second-order valence-electron chi connectivity index (χ2n) is 5.41. The maximum absolute atomic E-state index is 13.8. The number of hydrogen-bond donors (Lipinski definition) is 1. The zero-order valence-electron chi connectivity index (χ0n) is 12.7. The first-order valence-electron chi connectivity index (χ1n) is 7.08. The summed E-state index contributed by atoms with van der Waals surface area (Å²) in [5.74, 6) is 0.794. The lowest BCUT2D eigenvalue weighted by atomic mass is 9.86. The van der Waals surface area contributed by atoms with E-state index >= 15 is 0 Å². The molecule has 1 N–H and O–H groups in total. The first kappa shape index (κ1) is 16.0. The molecule has 3 heteroatoms. The maximum atomic E-state index is 13.8. The van der Waals surface area contributed by atoms with E-state index in [2.05, 4.69) is 33.0 Å². The third-order valence-electron chi connectivity index (χ3n) is 3.59. The van der Waals surface area contributed by atoms with Crippen molar-refractivity contribution in [2.24, 2.45) is 5.92 Å². The van der Waals surface area contributed by atoms with Crippen LogP contribution in [0.1, 0.15) is 45.6 Å². The van der Waals surface area contributed by atoms with E-state index in [-0.39, 0.29) is 11.7 Å². The van der Waals surface area contributed by atoms with Crippen molar-refractivity contribution in [2.75, 3.05) is 13.7 Å². The van der Waals surface area contributed by atoms with Crippen LogP contribution in [-0.2, 0) is 0 Å². The van der Waals surface area contributed by atoms with Crippen LogP contribution in [0.2, 0.25) is 0 Å².